The topological polar surface area (TPSA) is 66.2 Å². The van der Waals surface area contributed by atoms with Crippen LogP contribution in [0.25, 0.3) is 27.3 Å². The van der Waals surface area contributed by atoms with E-state index in [4.69, 9.17) is 14.6 Å². The molecule has 0 saturated carbocycles. The summed E-state index contributed by atoms with van der Waals surface area (Å²) in [5.41, 5.74) is 2.71. The van der Waals surface area contributed by atoms with Gasteiger partial charge in [0, 0.05) is 10.9 Å². The smallest absolute Gasteiger partial charge is 0.299 e. The predicted octanol–water partition coefficient (Wildman–Crippen LogP) is 3.69. The van der Waals surface area contributed by atoms with Crippen molar-refractivity contribution in [3.8, 4) is 28.0 Å². The lowest BCUT2D eigenvalue weighted by Crippen LogP contribution is -1.96. The van der Waals surface area contributed by atoms with Crippen LogP contribution < -0.4 is 9.47 Å². The van der Waals surface area contributed by atoms with Crippen molar-refractivity contribution in [2.45, 2.75) is 0 Å². The highest BCUT2D eigenvalue weighted by Crippen LogP contribution is 2.32. The highest BCUT2D eigenvalue weighted by atomic mass is 32.1. The number of ether oxygens (including phenoxy) is 2. The van der Waals surface area contributed by atoms with E-state index in [1.807, 2.05) is 48.5 Å². The van der Waals surface area contributed by atoms with Gasteiger partial charge in [-0.25, -0.2) is 4.68 Å². The number of fused-ring (bicyclic) bond motifs is 1. The Morgan fingerprint density at radius 1 is 1.16 bits per heavy atom. The first kappa shape index (κ1) is 15.3. The van der Waals surface area contributed by atoms with E-state index in [-0.39, 0.29) is 5.88 Å². The van der Waals surface area contributed by atoms with Gasteiger partial charge in [-0.3, -0.25) is 4.79 Å². The van der Waals surface area contributed by atoms with Gasteiger partial charge in [-0.05, 0) is 18.2 Å². The average molecular weight is 351 g/mol. The molecule has 0 aliphatic heterocycles. The molecule has 2 heterocycles. The molecule has 0 aliphatic rings. The molecule has 4 aromatic rings. The molecule has 0 N–H and O–H groups in total. The molecule has 0 spiro atoms. The summed E-state index contributed by atoms with van der Waals surface area (Å²) < 4.78 is 11.9. The van der Waals surface area contributed by atoms with Gasteiger partial charge >= 0.3 is 0 Å². The third-order valence-electron chi connectivity index (χ3n) is 3.75. The number of aromatic nitrogens is 3. The number of rotatable bonds is 5. The van der Waals surface area contributed by atoms with Crippen LogP contribution in [0.5, 0.6) is 11.6 Å². The Bertz CT molecular complexity index is 1050. The van der Waals surface area contributed by atoms with Gasteiger partial charge in [-0.2, -0.15) is 10.1 Å². The second kappa shape index (κ2) is 6.37. The SMILES string of the molecule is COc1cccc(-c2nn(-c3nc(OC=O)cs3)c3ccccc23)c1. The largest absolute Gasteiger partial charge is 0.497 e. The summed E-state index contributed by atoms with van der Waals surface area (Å²) in [5.74, 6) is 1.03. The molecule has 0 atom stereocenters. The number of thiazole rings is 1. The molecule has 2 aromatic heterocycles. The lowest BCUT2D eigenvalue weighted by Gasteiger charge is -2.02. The van der Waals surface area contributed by atoms with Crippen molar-refractivity contribution in [3.05, 3.63) is 53.9 Å². The zero-order valence-corrected chi connectivity index (χ0v) is 14.1. The first-order chi connectivity index (χ1) is 12.3. The summed E-state index contributed by atoms with van der Waals surface area (Å²) in [6.07, 6.45) is 0. The Morgan fingerprint density at radius 2 is 2.04 bits per heavy atom. The molecule has 25 heavy (non-hydrogen) atoms. The minimum absolute atomic E-state index is 0.262. The molecular formula is C18H13N3O3S. The van der Waals surface area contributed by atoms with E-state index in [1.165, 1.54) is 11.3 Å². The van der Waals surface area contributed by atoms with Gasteiger partial charge in [-0.1, -0.05) is 41.7 Å². The second-order valence-corrected chi connectivity index (χ2v) is 6.03. The van der Waals surface area contributed by atoms with E-state index in [0.717, 1.165) is 27.9 Å². The summed E-state index contributed by atoms with van der Waals surface area (Å²) in [6.45, 7) is 0.363. The molecule has 0 radical (unpaired) electrons. The maximum atomic E-state index is 10.5. The summed E-state index contributed by atoms with van der Waals surface area (Å²) in [4.78, 5) is 14.8. The standard InChI is InChI=1S/C18H13N3O3S/c1-23-13-6-4-5-12(9-13)17-14-7-2-3-8-15(14)21(20-17)18-19-16(10-25-18)24-11-22/h2-11H,1H3. The number of carbonyl (C=O) groups excluding carboxylic acids is 1. The van der Waals surface area contributed by atoms with Crippen LogP contribution in [0.3, 0.4) is 0 Å². The third kappa shape index (κ3) is 2.74. The van der Waals surface area contributed by atoms with Gasteiger partial charge in [0.1, 0.15) is 11.4 Å². The maximum Gasteiger partial charge on any atom is 0.299 e. The van der Waals surface area contributed by atoms with Crippen molar-refractivity contribution in [1.29, 1.82) is 0 Å². The molecule has 0 bridgehead atoms. The maximum absolute atomic E-state index is 10.5. The van der Waals surface area contributed by atoms with Crippen LogP contribution in [0.4, 0.5) is 0 Å². The Balaban J connectivity index is 1.90. The normalized spacial score (nSPS) is 10.8. The van der Waals surface area contributed by atoms with E-state index < -0.39 is 0 Å². The van der Waals surface area contributed by atoms with Gasteiger partial charge in [0.05, 0.1) is 18.0 Å². The molecule has 0 aliphatic carbocycles. The highest BCUT2D eigenvalue weighted by molar-refractivity contribution is 7.12. The molecule has 2 aromatic carbocycles. The monoisotopic (exact) mass is 351 g/mol. The fourth-order valence-corrected chi connectivity index (χ4v) is 3.34. The minimum atomic E-state index is 0.262. The molecule has 6 nitrogen and oxygen atoms in total. The van der Waals surface area contributed by atoms with Gasteiger partial charge in [-0.15, -0.1) is 0 Å². The van der Waals surface area contributed by atoms with Gasteiger partial charge in [0.25, 0.3) is 6.47 Å². The zero-order valence-electron chi connectivity index (χ0n) is 13.2. The first-order valence-corrected chi connectivity index (χ1v) is 8.36. The predicted molar refractivity (Wildman–Crippen MR) is 95.4 cm³/mol. The Labute approximate surface area is 147 Å². The number of hydrogen-bond donors (Lipinski definition) is 0. The molecule has 0 fully saturated rings. The van der Waals surface area contributed by atoms with Crippen molar-refractivity contribution in [1.82, 2.24) is 14.8 Å². The van der Waals surface area contributed by atoms with E-state index in [9.17, 15) is 4.79 Å². The number of carbonyl (C=O) groups is 1. The lowest BCUT2D eigenvalue weighted by molar-refractivity contribution is -0.120. The number of para-hydroxylation sites is 1. The van der Waals surface area contributed by atoms with Gasteiger partial charge in [0.2, 0.25) is 11.0 Å². The van der Waals surface area contributed by atoms with Crippen molar-refractivity contribution in [2.24, 2.45) is 0 Å². The molecule has 0 amide bonds. The zero-order chi connectivity index (χ0) is 17.2. The fourth-order valence-electron chi connectivity index (χ4n) is 2.65. The third-order valence-corrected chi connectivity index (χ3v) is 4.55. The molecule has 124 valence electrons. The summed E-state index contributed by atoms with van der Waals surface area (Å²) >= 11 is 1.35. The Morgan fingerprint density at radius 3 is 2.88 bits per heavy atom. The van der Waals surface area contributed by atoms with Crippen LogP contribution in [-0.4, -0.2) is 28.3 Å². The van der Waals surface area contributed by atoms with E-state index in [0.29, 0.717) is 11.6 Å². The van der Waals surface area contributed by atoms with Crippen molar-refractivity contribution < 1.29 is 14.3 Å². The van der Waals surface area contributed by atoms with Crippen LogP contribution in [-0.2, 0) is 4.79 Å². The molecule has 7 heteroatoms. The van der Waals surface area contributed by atoms with Crippen molar-refractivity contribution in [2.75, 3.05) is 7.11 Å². The second-order valence-electron chi connectivity index (χ2n) is 5.19. The fraction of sp³-hybridized carbons (Fsp3) is 0.0556. The van der Waals surface area contributed by atoms with E-state index in [2.05, 4.69) is 4.98 Å². The van der Waals surface area contributed by atoms with Gasteiger partial charge in [0.15, 0.2) is 0 Å². The van der Waals surface area contributed by atoms with Crippen LogP contribution in [0.1, 0.15) is 0 Å². The summed E-state index contributed by atoms with van der Waals surface area (Å²) in [7, 11) is 1.64. The van der Waals surface area contributed by atoms with Crippen LogP contribution in [0.15, 0.2) is 53.9 Å². The van der Waals surface area contributed by atoms with Crippen LogP contribution in [0.2, 0.25) is 0 Å². The van der Waals surface area contributed by atoms with Gasteiger partial charge < -0.3 is 9.47 Å². The number of nitrogens with zero attached hydrogens (tertiary/aromatic N) is 3. The van der Waals surface area contributed by atoms with Crippen molar-refractivity contribution >= 4 is 28.7 Å². The lowest BCUT2D eigenvalue weighted by atomic mass is 10.1. The summed E-state index contributed by atoms with van der Waals surface area (Å²) in [6, 6.07) is 15.7. The average Bonchev–Trinajstić information content (AvgIpc) is 3.26. The Kier molecular flexibility index (Phi) is 3.91. The molecular weight excluding hydrogens is 338 g/mol. The van der Waals surface area contributed by atoms with E-state index in [1.54, 1.807) is 17.2 Å². The quantitative estimate of drug-likeness (QED) is 0.513. The number of benzene rings is 2. The van der Waals surface area contributed by atoms with Crippen molar-refractivity contribution in [3.63, 3.8) is 0 Å². The molecule has 0 unspecified atom stereocenters. The minimum Gasteiger partial charge on any atom is -0.497 e. The molecule has 0 saturated heterocycles. The number of methoxy groups -OCH3 is 1. The van der Waals surface area contributed by atoms with Crippen LogP contribution >= 0.6 is 11.3 Å². The summed E-state index contributed by atoms with van der Waals surface area (Å²) in [5, 5.41) is 8.05. The Hall–Kier alpha value is -3.19. The first-order valence-electron chi connectivity index (χ1n) is 7.48. The van der Waals surface area contributed by atoms with Crippen LogP contribution in [0, 0.1) is 0 Å². The highest BCUT2D eigenvalue weighted by Gasteiger charge is 2.16. The van der Waals surface area contributed by atoms with E-state index >= 15 is 0 Å². The number of hydrogen-bond acceptors (Lipinski definition) is 6. The molecule has 4 rings (SSSR count).